The first-order valence-corrected chi connectivity index (χ1v) is 15.7. The Morgan fingerprint density at radius 3 is 1.80 bits per heavy atom. The topological polar surface area (TPSA) is 78.9 Å². The average molecular weight is 573 g/mol. The van der Waals surface area contributed by atoms with Crippen LogP contribution in [0.15, 0.2) is 35.1 Å². The third kappa shape index (κ3) is 25.9. The molecular weight excluding hydrogens is 516 g/mol. The Labute approximate surface area is 250 Å². The number of carbonyl (C=O) groups is 3. The van der Waals surface area contributed by atoms with Crippen molar-refractivity contribution in [2.24, 2.45) is 0 Å². The Kier molecular flexibility index (Phi) is 24.3. The molecule has 6 heteroatoms. The highest BCUT2D eigenvalue weighted by molar-refractivity contribution is 5.69. The van der Waals surface area contributed by atoms with E-state index in [-0.39, 0.29) is 19.0 Å². The summed E-state index contributed by atoms with van der Waals surface area (Å²) < 4.78 is 16.0. The molecule has 0 aliphatic heterocycles. The largest absolute Gasteiger partial charge is 0.465 e. The molecule has 232 valence electrons. The van der Waals surface area contributed by atoms with Crippen molar-refractivity contribution < 1.29 is 28.6 Å². The lowest BCUT2D eigenvalue weighted by atomic mass is 10.0. The number of hydrogen-bond acceptors (Lipinski definition) is 6. The van der Waals surface area contributed by atoms with Gasteiger partial charge in [0.15, 0.2) is 0 Å². The van der Waals surface area contributed by atoms with Crippen molar-refractivity contribution in [3.8, 4) is 11.8 Å². The lowest BCUT2D eigenvalue weighted by molar-refractivity contribution is -0.146. The van der Waals surface area contributed by atoms with Gasteiger partial charge >= 0.3 is 17.9 Å². The third-order valence-corrected chi connectivity index (χ3v) is 6.50. The lowest BCUT2D eigenvalue weighted by Gasteiger charge is -2.19. The van der Waals surface area contributed by atoms with Crippen LogP contribution in [0.25, 0.3) is 0 Å². The van der Waals surface area contributed by atoms with E-state index in [0.29, 0.717) is 18.4 Å². The molecular formula is C35H56O6. The maximum atomic E-state index is 12.3. The molecule has 0 aromatic carbocycles. The quantitative estimate of drug-likeness (QED) is 0.0423. The number of hydrogen-bond donors (Lipinski definition) is 0. The minimum atomic E-state index is -0.660. The van der Waals surface area contributed by atoms with E-state index in [1.807, 2.05) is 32.9 Å². The fourth-order valence-corrected chi connectivity index (χ4v) is 4.20. The summed E-state index contributed by atoms with van der Waals surface area (Å²) in [7, 11) is 0. The number of carbonyl (C=O) groups excluding carboxylic acids is 3. The van der Waals surface area contributed by atoms with Gasteiger partial charge in [0.05, 0.1) is 12.9 Å². The molecule has 0 aromatic rings. The summed E-state index contributed by atoms with van der Waals surface area (Å²) in [5.41, 5.74) is 2.50. The van der Waals surface area contributed by atoms with Crippen LogP contribution < -0.4 is 0 Å². The van der Waals surface area contributed by atoms with Gasteiger partial charge in [-0.1, -0.05) is 107 Å². The zero-order valence-corrected chi connectivity index (χ0v) is 26.8. The minimum absolute atomic E-state index is 0.116. The number of allylic oxidation sites excluding steroid dienone is 3. The number of rotatable bonds is 22. The van der Waals surface area contributed by atoms with Gasteiger partial charge in [-0.3, -0.25) is 14.4 Å². The maximum absolute atomic E-state index is 12.3. The molecule has 0 fully saturated rings. The fraction of sp³-hybridized carbons (Fsp3) is 0.686. The third-order valence-electron chi connectivity index (χ3n) is 6.50. The van der Waals surface area contributed by atoms with Gasteiger partial charge < -0.3 is 14.2 Å². The van der Waals surface area contributed by atoms with E-state index in [9.17, 15) is 14.4 Å². The van der Waals surface area contributed by atoms with Crippen molar-refractivity contribution in [2.45, 2.75) is 150 Å². The van der Waals surface area contributed by atoms with Gasteiger partial charge in [-0.25, -0.2) is 0 Å². The van der Waals surface area contributed by atoms with Crippen molar-refractivity contribution >= 4 is 17.9 Å². The normalized spacial score (nSPS) is 12.1. The Bertz CT molecular complexity index is 895. The van der Waals surface area contributed by atoms with Crippen molar-refractivity contribution in [1.29, 1.82) is 0 Å². The molecule has 0 spiro atoms. The molecule has 0 saturated carbocycles. The zero-order chi connectivity index (χ0) is 30.7. The standard InChI is InChI=1S/C35H56O6/c1-7-8-9-10-11-12-13-14-15-16-17-18-19-23-35(38)39-27-26-33(28-40-31(5)36)34(41-32(6)37)25-24-30(4)22-20-21-29(2)3/h21,24,28,34H,7-19,23,25-27H2,1-6H3/b30-24+,33-28-. The SMILES string of the molecule is CCCCCCCCCCCCCCCC(=O)OCC/C(=C/OC(C)=O)C(C/C=C(\C)C#CC=C(C)C)OC(C)=O. The Balaban J connectivity index is 4.53. The van der Waals surface area contributed by atoms with Crippen LogP contribution in [0.5, 0.6) is 0 Å². The highest BCUT2D eigenvalue weighted by atomic mass is 16.6. The molecule has 0 heterocycles. The number of ether oxygens (including phenoxy) is 3. The maximum Gasteiger partial charge on any atom is 0.307 e. The second-order valence-corrected chi connectivity index (χ2v) is 11.0. The van der Waals surface area contributed by atoms with E-state index in [4.69, 9.17) is 14.2 Å². The smallest absolute Gasteiger partial charge is 0.307 e. The van der Waals surface area contributed by atoms with E-state index in [1.165, 1.54) is 84.3 Å². The van der Waals surface area contributed by atoms with Crippen molar-refractivity contribution in [3.63, 3.8) is 0 Å². The van der Waals surface area contributed by atoms with Gasteiger partial charge in [-0.2, -0.15) is 0 Å². The number of unbranched alkanes of at least 4 members (excludes halogenated alkanes) is 12. The predicted octanol–water partition coefficient (Wildman–Crippen LogP) is 9.09. The molecule has 0 radical (unpaired) electrons. The molecule has 0 saturated heterocycles. The average Bonchev–Trinajstić information content (AvgIpc) is 2.90. The number of esters is 3. The highest BCUT2D eigenvalue weighted by Crippen LogP contribution is 2.19. The molecule has 6 nitrogen and oxygen atoms in total. The summed E-state index contributed by atoms with van der Waals surface area (Å²) in [6, 6.07) is 0. The van der Waals surface area contributed by atoms with Gasteiger partial charge in [0.2, 0.25) is 0 Å². The van der Waals surface area contributed by atoms with E-state index in [2.05, 4.69) is 18.8 Å². The Morgan fingerprint density at radius 1 is 0.732 bits per heavy atom. The fourth-order valence-electron chi connectivity index (χ4n) is 4.20. The summed E-state index contributed by atoms with van der Waals surface area (Å²) in [6.07, 6.45) is 21.7. The lowest BCUT2D eigenvalue weighted by Crippen LogP contribution is -2.21. The first kappa shape index (κ1) is 38.2. The molecule has 0 rings (SSSR count). The zero-order valence-electron chi connectivity index (χ0n) is 26.8. The molecule has 0 aromatic heterocycles. The molecule has 0 aliphatic carbocycles. The van der Waals surface area contributed by atoms with Gasteiger partial charge in [-0.15, -0.1) is 0 Å². The molecule has 41 heavy (non-hydrogen) atoms. The van der Waals surface area contributed by atoms with Crippen molar-refractivity contribution in [3.05, 3.63) is 35.1 Å². The van der Waals surface area contributed by atoms with E-state index in [0.717, 1.165) is 30.4 Å². The van der Waals surface area contributed by atoms with Gasteiger partial charge in [0, 0.05) is 38.7 Å². The Hall–Kier alpha value is -2.81. The van der Waals surface area contributed by atoms with E-state index in [1.54, 1.807) is 0 Å². The van der Waals surface area contributed by atoms with Crippen LogP contribution in [-0.4, -0.2) is 30.6 Å². The van der Waals surface area contributed by atoms with Crippen LogP contribution in [-0.2, 0) is 28.6 Å². The predicted molar refractivity (Wildman–Crippen MR) is 167 cm³/mol. The second-order valence-electron chi connectivity index (χ2n) is 11.0. The van der Waals surface area contributed by atoms with Crippen molar-refractivity contribution in [1.82, 2.24) is 0 Å². The summed E-state index contributed by atoms with van der Waals surface area (Å²) >= 11 is 0. The molecule has 0 bridgehead atoms. The van der Waals surface area contributed by atoms with Crippen LogP contribution in [0.3, 0.4) is 0 Å². The Morgan fingerprint density at radius 2 is 1.29 bits per heavy atom. The molecule has 1 unspecified atom stereocenters. The highest BCUT2D eigenvalue weighted by Gasteiger charge is 2.18. The van der Waals surface area contributed by atoms with Crippen LogP contribution in [0.2, 0.25) is 0 Å². The van der Waals surface area contributed by atoms with Gasteiger partial charge in [-0.05, 0) is 38.8 Å². The first-order chi connectivity index (χ1) is 19.6. The van der Waals surface area contributed by atoms with Crippen LogP contribution >= 0.6 is 0 Å². The van der Waals surface area contributed by atoms with Gasteiger partial charge in [0.1, 0.15) is 6.10 Å². The van der Waals surface area contributed by atoms with Crippen LogP contribution in [0.4, 0.5) is 0 Å². The van der Waals surface area contributed by atoms with E-state index >= 15 is 0 Å². The monoisotopic (exact) mass is 572 g/mol. The summed E-state index contributed by atoms with van der Waals surface area (Å²) in [5.74, 6) is 4.84. The minimum Gasteiger partial charge on any atom is -0.465 e. The molecule has 0 N–H and O–H groups in total. The summed E-state index contributed by atoms with van der Waals surface area (Å²) in [5, 5.41) is 0. The van der Waals surface area contributed by atoms with Crippen LogP contribution in [0.1, 0.15) is 144 Å². The summed E-state index contributed by atoms with van der Waals surface area (Å²) in [6.45, 7) is 10.8. The van der Waals surface area contributed by atoms with E-state index < -0.39 is 18.0 Å². The summed E-state index contributed by atoms with van der Waals surface area (Å²) in [4.78, 5) is 35.5. The molecule has 0 amide bonds. The second kappa shape index (κ2) is 26.1. The van der Waals surface area contributed by atoms with Crippen molar-refractivity contribution in [2.75, 3.05) is 6.61 Å². The first-order valence-electron chi connectivity index (χ1n) is 15.7. The molecule has 1 atom stereocenters. The van der Waals surface area contributed by atoms with Gasteiger partial charge in [0.25, 0.3) is 0 Å². The molecule has 0 aliphatic rings. The van der Waals surface area contributed by atoms with Crippen LogP contribution in [0, 0.1) is 11.8 Å².